The molecule has 1 aliphatic heterocycles. The molecule has 3 N–H and O–H groups in total. The van der Waals surface area contributed by atoms with Crippen molar-refractivity contribution in [2.24, 2.45) is 16.6 Å². The second-order valence-corrected chi connectivity index (χ2v) is 6.00. The van der Waals surface area contributed by atoms with E-state index >= 15 is 0 Å². The van der Waals surface area contributed by atoms with Crippen molar-refractivity contribution in [1.82, 2.24) is 4.90 Å². The Kier molecular flexibility index (Phi) is 6.52. The standard InChI is InChI=1S/C17H28N4O/c1-14-7-11-21(12-8-14)10-4-9-19-17(18)20-15-5-3-6-16(13-15)22-2/h3,5-6,13-14H,4,7-12H2,1-2H3,(H3,18,19,20). The van der Waals surface area contributed by atoms with E-state index in [2.05, 4.69) is 22.1 Å². The number of ether oxygens (including phenoxy) is 1. The van der Waals surface area contributed by atoms with Gasteiger partial charge >= 0.3 is 0 Å². The lowest BCUT2D eigenvalue weighted by Crippen LogP contribution is -2.34. The second-order valence-electron chi connectivity index (χ2n) is 6.00. The van der Waals surface area contributed by atoms with Gasteiger partial charge in [0.1, 0.15) is 5.75 Å². The summed E-state index contributed by atoms with van der Waals surface area (Å²) in [4.78, 5) is 6.92. The van der Waals surface area contributed by atoms with Crippen molar-refractivity contribution in [3.63, 3.8) is 0 Å². The van der Waals surface area contributed by atoms with Crippen molar-refractivity contribution < 1.29 is 4.74 Å². The molecule has 1 saturated heterocycles. The number of nitrogens with two attached hydrogens (primary N) is 1. The highest BCUT2D eigenvalue weighted by Crippen LogP contribution is 2.17. The number of aliphatic imine (C=N–C) groups is 1. The molecule has 0 unspecified atom stereocenters. The highest BCUT2D eigenvalue weighted by molar-refractivity contribution is 5.92. The predicted octanol–water partition coefficient (Wildman–Crippen LogP) is 2.54. The highest BCUT2D eigenvalue weighted by Gasteiger charge is 2.14. The van der Waals surface area contributed by atoms with E-state index < -0.39 is 0 Å². The summed E-state index contributed by atoms with van der Waals surface area (Å²) in [5, 5.41) is 3.09. The van der Waals surface area contributed by atoms with Gasteiger partial charge in [-0.15, -0.1) is 0 Å². The molecule has 0 saturated carbocycles. The van der Waals surface area contributed by atoms with Crippen LogP contribution in [-0.2, 0) is 0 Å². The monoisotopic (exact) mass is 304 g/mol. The lowest BCUT2D eigenvalue weighted by molar-refractivity contribution is 0.192. The molecule has 0 aromatic heterocycles. The number of nitrogens with zero attached hydrogens (tertiary/aromatic N) is 2. The number of hydrogen-bond acceptors (Lipinski definition) is 3. The molecule has 0 spiro atoms. The third kappa shape index (κ3) is 5.56. The smallest absolute Gasteiger partial charge is 0.193 e. The lowest BCUT2D eigenvalue weighted by atomic mass is 9.99. The summed E-state index contributed by atoms with van der Waals surface area (Å²) in [6, 6.07) is 7.67. The zero-order valence-electron chi connectivity index (χ0n) is 13.7. The molecule has 1 aromatic carbocycles. The molecule has 2 rings (SSSR count). The fourth-order valence-electron chi connectivity index (χ4n) is 2.67. The zero-order valence-corrected chi connectivity index (χ0v) is 13.7. The molecule has 122 valence electrons. The van der Waals surface area contributed by atoms with Crippen LogP contribution in [0.5, 0.6) is 5.75 Å². The number of likely N-dealkylation sites (tertiary alicyclic amines) is 1. The summed E-state index contributed by atoms with van der Waals surface area (Å²) in [5.41, 5.74) is 6.81. The van der Waals surface area contributed by atoms with E-state index in [-0.39, 0.29) is 0 Å². The van der Waals surface area contributed by atoms with Gasteiger partial charge in [-0.25, -0.2) is 0 Å². The van der Waals surface area contributed by atoms with Gasteiger partial charge in [0.25, 0.3) is 0 Å². The van der Waals surface area contributed by atoms with Gasteiger partial charge in [-0.05, 0) is 56.9 Å². The molecule has 0 aliphatic carbocycles. The summed E-state index contributed by atoms with van der Waals surface area (Å²) in [6.07, 6.45) is 3.69. The number of rotatable bonds is 6. The van der Waals surface area contributed by atoms with Gasteiger partial charge < -0.3 is 20.7 Å². The Bertz CT molecular complexity index is 481. The second kappa shape index (κ2) is 8.63. The Balaban J connectivity index is 1.69. The molecule has 22 heavy (non-hydrogen) atoms. The number of piperidine rings is 1. The van der Waals surface area contributed by atoms with Gasteiger partial charge in [0, 0.05) is 18.3 Å². The van der Waals surface area contributed by atoms with Crippen LogP contribution in [0.1, 0.15) is 26.2 Å². The molecule has 5 nitrogen and oxygen atoms in total. The van der Waals surface area contributed by atoms with Crippen LogP contribution in [0.3, 0.4) is 0 Å². The number of benzene rings is 1. The topological polar surface area (TPSA) is 62.9 Å². The van der Waals surface area contributed by atoms with Crippen LogP contribution in [0.4, 0.5) is 5.69 Å². The van der Waals surface area contributed by atoms with E-state index in [0.29, 0.717) is 5.96 Å². The maximum Gasteiger partial charge on any atom is 0.193 e. The number of nitrogens with one attached hydrogen (secondary N) is 1. The van der Waals surface area contributed by atoms with Crippen LogP contribution >= 0.6 is 0 Å². The van der Waals surface area contributed by atoms with Crippen LogP contribution < -0.4 is 15.8 Å². The van der Waals surface area contributed by atoms with Crippen LogP contribution in [0, 0.1) is 5.92 Å². The van der Waals surface area contributed by atoms with E-state index in [9.17, 15) is 0 Å². The maximum absolute atomic E-state index is 5.92. The van der Waals surface area contributed by atoms with Gasteiger partial charge in [0.05, 0.1) is 7.11 Å². The fraction of sp³-hybridized carbons (Fsp3) is 0.588. The fourth-order valence-corrected chi connectivity index (χ4v) is 2.67. The van der Waals surface area contributed by atoms with Crippen LogP contribution in [0.2, 0.25) is 0 Å². The van der Waals surface area contributed by atoms with E-state index in [4.69, 9.17) is 10.5 Å². The van der Waals surface area contributed by atoms with Crippen LogP contribution in [0.15, 0.2) is 29.3 Å². The van der Waals surface area contributed by atoms with E-state index in [1.807, 2.05) is 24.3 Å². The van der Waals surface area contributed by atoms with Gasteiger partial charge in [-0.2, -0.15) is 0 Å². The first-order valence-corrected chi connectivity index (χ1v) is 8.10. The van der Waals surface area contributed by atoms with Gasteiger partial charge in [0.2, 0.25) is 0 Å². The van der Waals surface area contributed by atoms with Crippen molar-refractivity contribution in [2.75, 3.05) is 38.6 Å². The first-order valence-electron chi connectivity index (χ1n) is 8.10. The molecule has 0 atom stereocenters. The molecule has 5 heteroatoms. The average molecular weight is 304 g/mol. The van der Waals surface area contributed by atoms with Crippen LogP contribution in [0.25, 0.3) is 0 Å². The third-order valence-electron chi connectivity index (χ3n) is 4.13. The summed E-state index contributed by atoms with van der Waals surface area (Å²) in [6.45, 7) is 6.66. The molecular formula is C17H28N4O. The number of hydrogen-bond donors (Lipinski definition) is 2. The van der Waals surface area contributed by atoms with E-state index in [1.54, 1.807) is 7.11 Å². The molecule has 0 bridgehead atoms. The molecule has 1 heterocycles. The SMILES string of the molecule is COc1cccc(NC(N)=NCCCN2CCC(C)CC2)c1. The molecule has 0 amide bonds. The number of guanidine groups is 1. The summed E-state index contributed by atoms with van der Waals surface area (Å²) in [5.74, 6) is 2.15. The average Bonchev–Trinajstić information content (AvgIpc) is 2.53. The first kappa shape index (κ1) is 16.6. The normalized spacial score (nSPS) is 17.5. The number of anilines is 1. The van der Waals surface area contributed by atoms with Gasteiger partial charge in [-0.3, -0.25) is 4.99 Å². The minimum atomic E-state index is 0.459. The summed E-state index contributed by atoms with van der Waals surface area (Å²) in [7, 11) is 1.65. The first-order chi connectivity index (χ1) is 10.7. The Morgan fingerprint density at radius 1 is 1.41 bits per heavy atom. The van der Waals surface area contributed by atoms with E-state index in [0.717, 1.165) is 36.9 Å². The van der Waals surface area contributed by atoms with Gasteiger partial charge in [-0.1, -0.05) is 13.0 Å². The minimum Gasteiger partial charge on any atom is -0.497 e. The Labute approximate surface area is 133 Å². The molecule has 1 fully saturated rings. The van der Waals surface area contributed by atoms with Crippen LogP contribution in [-0.4, -0.2) is 44.1 Å². The Hall–Kier alpha value is -1.75. The molecule has 1 aliphatic rings. The summed E-state index contributed by atoms with van der Waals surface area (Å²) >= 11 is 0. The Morgan fingerprint density at radius 3 is 2.91 bits per heavy atom. The van der Waals surface area contributed by atoms with Crippen molar-refractivity contribution >= 4 is 11.6 Å². The van der Waals surface area contributed by atoms with Crippen molar-refractivity contribution in [3.8, 4) is 5.75 Å². The van der Waals surface area contributed by atoms with E-state index in [1.165, 1.54) is 25.9 Å². The van der Waals surface area contributed by atoms with Gasteiger partial charge in [0.15, 0.2) is 5.96 Å². The quantitative estimate of drug-likeness (QED) is 0.482. The maximum atomic E-state index is 5.92. The van der Waals surface area contributed by atoms with Crippen molar-refractivity contribution in [1.29, 1.82) is 0 Å². The Morgan fingerprint density at radius 2 is 2.18 bits per heavy atom. The summed E-state index contributed by atoms with van der Waals surface area (Å²) < 4.78 is 5.18. The molecule has 0 radical (unpaired) electrons. The number of methoxy groups -OCH3 is 1. The molecule has 1 aromatic rings. The lowest BCUT2D eigenvalue weighted by Gasteiger charge is -2.29. The van der Waals surface area contributed by atoms with Crippen molar-refractivity contribution in [2.45, 2.75) is 26.2 Å². The largest absolute Gasteiger partial charge is 0.497 e. The molecular weight excluding hydrogens is 276 g/mol. The third-order valence-corrected chi connectivity index (χ3v) is 4.13. The zero-order chi connectivity index (χ0) is 15.8. The predicted molar refractivity (Wildman–Crippen MR) is 92.6 cm³/mol. The highest BCUT2D eigenvalue weighted by atomic mass is 16.5. The minimum absolute atomic E-state index is 0.459. The van der Waals surface area contributed by atoms with Crippen molar-refractivity contribution in [3.05, 3.63) is 24.3 Å².